The fraction of sp³-hybridized carbons (Fsp3) is 0.524. The molecule has 1 aromatic carbocycles. The van der Waals surface area contributed by atoms with Crippen LogP contribution in [-0.2, 0) is 6.61 Å². The van der Waals surface area contributed by atoms with E-state index in [4.69, 9.17) is 13.6 Å². The van der Waals surface area contributed by atoms with Crippen LogP contribution in [0.1, 0.15) is 52.7 Å². The van der Waals surface area contributed by atoms with Gasteiger partial charge in [0.1, 0.15) is 12.9 Å². The largest absolute Gasteiger partial charge is 0.518 e. The smallest absolute Gasteiger partial charge is 0.277 e. The highest BCUT2D eigenvalue weighted by Gasteiger charge is 2.48. The Morgan fingerprint density at radius 3 is 2.00 bits per heavy atom. The highest BCUT2D eigenvalue weighted by molar-refractivity contribution is 6.78. The summed E-state index contributed by atoms with van der Waals surface area (Å²) < 4.78 is 18.4. The molecule has 1 heterocycles. The van der Waals surface area contributed by atoms with Crippen molar-refractivity contribution in [2.75, 3.05) is 0 Å². The van der Waals surface area contributed by atoms with Crippen LogP contribution >= 0.6 is 0 Å². The lowest BCUT2D eigenvalue weighted by Crippen LogP contribution is -2.50. The van der Waals surface area contributed by atoms with E-state index < -0.39 is 8.32 Å². The molecule has 0 unspecified atom stereocenters. The van der Waals surface area contributed by atoms with Crippen LogP contribution in [0.2, 0.25) is 16.6 Å². The third-order valence-corrected chi connectivity index (χ3v) is 11.1. The van der Waals surface area contributed by atoms with E-state index in [-0.39, 0.29) is 0 Å². The second-order valence-electron chi connectivity index (χ2n) is 7.71. The van der Waals surface area contributed by atoms with Crippen LogP contribution in [0.4, 0.5) is 0 Å². The summed E-state index contributed by atoms with van der Waals surface area (Å²) >= 11 is 0. The van der Waals surface area contributed by atoms with Gasteiger partial charge >= 0.3 is 0 Å². The molecule has 4 heteroatoms. The molecule has 0 radical (unpaired) electrons. The average molecular weight is 361 g/mol. The van der Waals surface area contributed by atoms with Gasteiger partial charge in [-0.3, -0.25) is 0 Å². The van der Waals surface area contributed by atoms with Gasteiger partial charge in [-0.15, -0.1) is 0 Å². The standard InChI is InChI=1S/C21H32O3Si/c1-15(2)25(16(3)4,17(5)6)24-21-18(7)20(14-23-21)22-13-19-11-9-8-10-12-19/h8-12,14-17H,13H2,1-7H3. The molecule has 138 valence electrons. The van der Waals surface area contributed by atoms with Gasteiger partial charge in [-0.1, -0.05) is 71.9 Å². The van der Waals surface area contributed by atoms with E-state index in [2.05, 4.69) is 53.7 Å². The van der Waals surface area contributed by atoms with Gasteiger partial charge in [0.2, 0.25) is 0 Å². The molecular formula is C21H32O3Si. The third kappa shape index (κ3) is 4.11. The fourth-order valence-electron chi connectivity index (χ4n) is 3.88. The minimum atomic E-state index is -2.02. The molecule has 2 aromatic rings. The number of ether oxygens (including phenoxy) is 1. The van der Waals surface area contributed by atoms with Crippen LogP contribution < -0.4 is 9.16 Å². The number of furan rings is 1. The van der Waals surface area contributed by atoms with E-state index in [1.165, 1.54) is 0 Å². The lowest BCUT2D eigenvalue weighted by atomic mass is 10.2. The van der Waals surface area contributed by atoms with E-state index in [1.807, 2.05) is 25.1 Å². The van der Waals surface area contributed by atoms with Crippen molar-refractivity contribution < 1.29 is 13.6 Å². The molecule has 0 atom stereocenters. The summed E-state index contributed by atoms with van der Waals surface area (Å²) in [6.45, 7) is 16.2. The van der Waals surface area contributed by atoms with E-state index in [0.717, 1.165) is 16.9 Å². The first-order valence-electron chi connectivity index (χ1n) is 9.22. The van der Waals surface area contributed by atoms with Gasteiger partial charge in [0.25, 0.3) is 14.3 Å². The maximum absolute atomic E-state index is 6.64. The molecule has 2 rings (SSSR count). The van der Waals surface area contributed by atoms with Gasteiger partial charge in [0, 0.05) is 0 Å². The Kier molecular flexibility index (Phi) is 6.39. The first kappa shape index (κ1) is 19.6. The summed E-state index contributed by atoms with van der Waals surface area (Å²) in [6.07, 6.45) is 1.67. The topological polar surface area (TPSA) is 31.6 Å². The summed E-state index contributed by atoms with van der Waals surface area (Å²) in [5.74, 6) is 1.39. The Morgan fingerprint density at radius 2 is 1.48 bits per heavy atom. The monoisotopic (exact) mass is 360 g/mol. The van der Waals surface area contributed by atoms with Crippen LogP contribution in [0.15, 0.2) is 41.0 Å². The summed E-state index contributed by atoms with van der Waals surface area (Å²) in [4.78, 5) is 0. The van der Waals surface area contributed by atoms with Crippen molar-refractivity contribution in [1.82, 2.24) is 0 Å². The molecule has 25 heavy (non-hydrogen) atoms. The van der Waals surface area contributed by atoms with Crippen molar-refractivity contribution in [3.63, 3.8) is 0 Å². The van der Waals surface area contributed by atoms with Gasteiger partial charge < -0.3 is 13.6 Å². The number of hydrogen-bond donors (Lipinski definition) is 0. The van der Waals surface area contributed by atoms with Crippen molar-refractivity contribution in [3.8, 4) is 11.7 Å². The molecule has 0 saturated heterocycles. The van der Waals surface area contributed by atoms with Crippen molar-refractivity contribution >= 4 is 8.32 Å². The average Bonchev–Trinajstić information content (AvgIpc) is 2.90. The Balaban J connectivity index is 2.19. The first-order chi connectivity index (χ1) is 11.8. The number of hydrogen-bond acceptors (Lipinski definition) is 3. The zero-order valence-electron chi connectivity index (χ0n) is 16.6. The molecule has 0 bridgehead atoms. The van der Waals surface area contributed by atoms with Crippen LogP contribution in [0.3, 0.4) is 0 Å². The summed E-state index contributed by atoms with van der Waals surface area (Å²) in [7, 11) is -2.02. The zero-order chi connectivity index (χ0) is 18.6. The molecule has 0 amide bonds. The highest BCUT2D eigenvalue weighted by Crippen LogP contribution is 2.44. The molecule has 1 aromatic heterocycles. The maximum Gasteiger partial charge on any atom is 0.277 e. The normalized spacial score (nSPS) is 12.2. The van der Waals surface area contributed by atoms with Crippen molar-refractivity contribution in [2.24, 2.45) is 0 Å². The second kappa shape index (κ2) is 8.13. The molecule has 0 aliphatic heterocycles. The first-order valence-corrected chi connectivity index (χ1v) is 11.4. The second-order valence-corrected chi connectivity index (χ2v) is 13.1. The molecule has 0 aliphatic rings. The summed E-state index contributed by atoms with van der Waals surface area (Å²) in [5.41, 5.74) is 3.61. The zero-order valence-corrected chi connectivity index (χ0v) is 17.6. The van der Waals surface area contributed by atoms with Gasteiger partial charge in [0.15, 0.2) is 5.75 Å². The van der Waals surface area contributed by atoms with Gasteiger partial charge in [-0.25, -0.2) is 0 Å². The minimum absolute atomic E-state index is 0.505. The highest BCUT2D eigenvalue weighted by atomic mass is 28.4. The van der Waals surface area contributed by atoms with E-state index >= 15 is 0 Å². The molecule has 0 spiro atoms. The third-order valence-electron chi connectivity index (χ3n) is 5.16. The van der Waals surface area contributed by atoms with Crippen molar-refractivity contribution in [2.45, 2.75) is 71.7 Å². The predicted octanol–water partition coefficient (Wildman–Crippen LogP) is 6.72. The molecule has 3 nitrogen and oxygen atoms in total. The lowest BCUT2D eigenvalue weighted by Gasteiger charge is -2.41. The minimum Gasteiger partial charge on any atom is -0.518 e. The SMILES string of the molecule is Cc1c(OCc2ccccc2)coc1O[Si](C(C)C)(C(C)C)C(C)C. The van der Waals surface area contributed by atoms with Crippen LogP contribution in [0.25, 0.3) is 0 Å². The lowest BCUT2D eigenvalue weighted by molar-refractivity contribution is 0.300. The van der Waals surface area contributed by atoms with Crippen molar-refractivity contribution in [1.29, 1.82) is 0 Å². The maximum atomic E-state index is 6.64. The number of benzene rings is 1. The van der Waals surface area contributed by atoms with E-state index in [1.54, 1.807) is 6.26 Å². The molecule has 0 N–H and O–H groups in total. The van der Waals surface area contributed by atoms with Gasteiger partial charge in [-0.2, -0.15) is 0 Å². The predicted molar refractivity (Wildman–Crippen MR) is 106 cm³/mol. The summed E-state index contributed by atoms with van der Waals surface area (Å²) in [5, 5.41) is 0. The van der Waals surface area contributed by atoms with Gasteiger partial charge in [-0.05, 0) is 29.1 Å². The Bertz CT molecular complexity index is 637. The summed E-state index contributed by atoms with van der Waals surface area (Å²) in [6, 6.07) is 10.2. The Labute approximate surface area is 153 Å². The quantitative estimate of drug-likeness (QED) is 0.490. The molecule has 0 aliphatic carbocycles. The number of rotatable bonds is 8. The molecular weight excluding hydrogens is 328 g/mol. The molecule has 0 saturated carbocycles. The van der Waals surface area contributed by atoms with Crippen LogP contribution in [0, 0.1) is 6.92 Å². The van der Waals surface area contributed by atoms with Crippen molar-refractivity contribution in [3.05, 3.63) is 47.7 Å². The Hall–Kier alpha value is -1.68. The van der Waals surface area contributed by atoms with E-state index in [0.29, 0.717) is 29.2 Å². The Morgan fingerprint density at radius 1 is 0.920 bits per heavy atom. The molecule has 0 fully saturated rings. The van der Waals surface area contributed by atoms with Crippen LogP contribution in [-0.4, -0.2) is 8.32 Å². The van der Waals surface area contributed by atoms with Gasteiger partial charge in [0.05, 0.1) is 5.56 Å². The van der Waals surface area contributed by atoms with Crippen LogP contribution in [0.5, 0.6) is 11.7 Å². The fourth-order valence-corrected chi connectivity index (χ4v) is 9.11. The van der Waals surface area contributed by atoms with E-state index in [9.17, 15) is 0 Å².